The first-order valence-electron chi connectivity index (χ1n) is 6.19. The van der Waals surface area contributed by atoms with Crippen LogP contribution in [0.2, 0.25) is 0 Å². The fourth-order valence-corrected chi connectivity index (χ4v) is 2.60. The van der Waals surface area contributed by atoms with Crippen LogP contribution in [0.5, 0.6) is 0 Å². The maximum Gasteiger partial charge on any atom is 0.323 e. The van der Waals surface area contributed by atoms with Crippen LogP contribution < -0.4 is 5.32 Å². The average Bonchev–Trinajstić information content (AvgIpc) is 2.77. The fraction of sp³-hybridized carbons (Fsp3) is 0.917. The smallest absolute Gasteiger partial charge is 0.323 e. The Balaban J connectivity index is 2.38. The van der Waals surface area contributed by atoms with E-state index >= 15 is 0 Å². The first kappa shape index (κ1) is 13.8. The van der Waals surface area contributed by atoms with Crippen molar-refractivity contribution in [2.45, 2.75) is 51.1 Å². The number of esters is 1. The van der Waals surface area contributed by atoms with Crippen LogP contribution in [-0.2, 0) is 9.53 Å². The zero-order valence-corrected chi connectivity index (χ0v) is 11.1. The van der Waals surface area contributed by atoms with E-state index in [0.717, 1.165) is 12.2 Å². The van der Waals surface area contributed by atoms with Gasteiger partial charge < -0.3 is 10.1 Å². The van der Waals surface area contributed by atoms with E-state index in [1.54, 1.807) is 11.8 Å². The highest BCUT2D eigenvalue weighted by atomic mass is 32.2. The van der Waals surface area contributed by atoms with Crippen molar-refractivity contribution in [3.8, 4) is 0 Å². The first-order chi connectivity index (χ1) is 7.77. The topological polar surface area (TPSA) is 38.3 Å². The molecule has 0 aromatic carbocycles. The molecule has 94 valence electrons. The summed E-state index contributed by atoms with van der Waals surface area (Å²) in [5, 5.41) is 3.45. The Morgan fingerprint density at radius 2 is 2.19 bits per heavy atom. The van der Waals surface area contributed by atoms with Gasteiger partial charge in [0.2, 0.25) is 0 Å². The van der Waals surface area contributed by atoms with Crippen LogP contribution in [-0.4, -0.2) is 36.7 Å². The summed E-state index contributed by atoms with van der Waals surface area (Å²) in [6.07, 6.45) is 7.92. The van der Waals surface area contributed by atoms with E-state index < -0.39 is 0 Å². The van der Waals surface area contributed by atoms with Crippen molar-refractivity contribution in [3.63, 3.8) is 0 Å². The van der Waals surface area contributed by atoms with Gasteiger partial charge in [0, 0.05) is 6.04 Å². The van der Waals surface area contributed by atoms with E-state index in [9.17, 15) is 4.79 Å². The summed E-state index contributed by atoms with van der Waals surface area (Å²) in [6.45, 7) is 2.33. The third-order valence-corrected chi connectivity index (χ3v) is 3.62. The number of carbonyl (C=O) groups is 1. The Morgan fingerprint density at radius 1 is 1.50 bits per heavy atom. The second-order valence-corrected chi connectivity index (χ2v) is 5.22. The number of hydrogen-bond donors (Lipinski definition) is 1. The van der Waals surface area contributed by atoms with Crippen LogP contribution >= 0.6 is 11.8 Å². The molecule has 0 amide bonds. The zero-order chi connectivity index (χ0) is 11.8. The number of thioether (sulfide) groups is 1. The molecule has 1 unspecified atom stereocenters. The molecule has 1 aliphatic carbocycles. The van der Waals surface area contributed by atoms with Crippen molar-refractivity contribution < 1.29 is 9.53 Å². The van der Waals surface area contributed by atoms with Crippen LogP contribution in [0.15, 0.2) is 0 Å². The Labute approximate surface area is 103 Å². The lowest BCUT2D eigenvalue weighted by molar-refractivity contribution is -0.145. The minimum absolute atomic E-state index is 0.0801. The highest BCUT2D eigenvalue weighted by molar-refractivity contribution is 7.98. The third kappa shape index (κ3) is 4.74. The lowest BCUT2D eigenvalue weighted by Gasteiger charge is -2.21. The van der Waals surface area contributed by atoms with Gasteiger partial charge in [-0.1, -0.05) is 12.8 Å². The van der Waals surface area contributed by atoms with Gasteiger partial charge in [-0.3, -0.25) is 4.79 Å². The van der Waals surface area contributed by atoms with Crippen LogP contribution in [0.4, 0.5) is 0 Å². The fourth-order valence-electron chi connectivity index (χ4n) is 2.12. The van der Waals surface area contributed by atoms with Crippen LogP contribution in [0.3, 0.4) is 0 Å². The van der Waals surface area contributed by atoms with E-state index in [2.05, 4.69) is 11.6 Å². The van der Waals surface area contributed by atoms with Gasteiger partial charge in [0.25, 0.3) is 0 Å². The van der Waals surface area contributed by atoms with Gasteiger partial charge >= 0.3 is 5.97 Å². The minimum atomic E-state index is -0.101. The second kappa shape index (κ2) is 7.96. The molecule has 0 aromatic rings. The maximum absolute atomic E-state index is 11.7. The molecule has 0 radical (unpaired) electrons. The van der Waals surface area contributed by atoms with E-state index in [0.29, 0.717) is 12.6 Å². The predicted molar refractivity (Wildman–Crippen MR) is 68.8 cm³/mol. The summed E-state index contributed by atoms with van der Waals surface area (Å²) >= 11 is 1.78. The summed E-state index contributed by atoms with van der Waals surface area (Å²) in [5.41, 5.74) is 0. The summed E-state index contributed by atoms with van der Waals surface area (Å²) in [6, 6.07) is 0.423. The van der Waals surface area contributed by atoms with Gasteiger partial charge in [-0.05, 0) is 38.2 Å². The molecule has 0 bridgehead atoms. The Kier molecular flexibility index (Phi) is 6.88. The molecule has 1 rings (SSSR count). The largest absolute Gasteiger partial charge is 0.465 e. The summed E-state index contributed by atoms with van der Waals surface area (Å²) in [4.78, 5) is 11.7. The van der Waals surface area contributed by atoms with Gasteiger partial charge in [-0.15, -0.1) is 0 Å². The Morgan fingerprint density at radius 3 is 2.75 bits per heavy atom. The van der Waals surface area contributed by atoms with Crippen molar-refractivity contribution in [1.82, 2.24) is 5.32 Å². The average molecular weight is 245 g/mol. The monoisotopic (exact) mass is 245 g/mol. The highest BCUT2D eigenvalue weighted by Gasteiger charge is 2.24. The molecule has 16 heavy (non-hydrogen) atoms. The molecule has 0 aliphatic heterocycles. The number of rotatable bonds is 7. The van der Waals surface area contributed by atoms with E-state index in [1.807, 2.05) is 6.92 Å². The molecule has 0 spiro atoms. The third-order valence-electron chi connectivity index (χ3n) is 2.97. The molecule has 1 N–H and O–H groups in total. The Hall–Kier alpha value is -0.220. The first-order valence-corrected chi connectivity index (χ1v) is 7.59. The van der Waals surface area contributed by atoms with E-state index in [-0.39, 0.29) is 12.0 Å². The van der Waals surface area contributed by atoms with E-state index in [1.165, 1.54) is 25.7 Å². The minimum Gasteiger partial charge on any atom is -0.465 e. The van der Waals surface area contributed by atoms with Gasteiger partial charge in [-0.2, -0.15) is 11.8 Å². The SMILES string of the molecule is CCOC(=O)C(CCSC)NC1CCCC1. The lowest BCUT2D eigenvalue weighted by atomic mass is 10.1. The summed E-state index contributed by atoms with van der Waals surface area (Å²) in [7, 11) is 0. The molecule has 1 aliphatic rings. The standard InChI is InChI=1S/C12H23NO2S/c1-3-15-12(14)11(8-9-16-2)13-10-6-4-5-7-10/h10-11,13H,3-9H2,1-2H3. The molecule has 0 heterocycles. The van der Waals surface area contributed by atoms with Crippen LogP contribution in [0, 0.1) is 0 Å². The molecule has 1 saturated carbocycles. The van der Waals surface area contributed by atoms with Gasteiger partial charge in [0.05, 0.1) is 6.61 Å². The molecule has 1 fully saturated rings. The molecule has 0 saturated heterocycles. The molecule has 0 aromatic heterocycles. The second-order valence-electron chi connectivity index (χ2n) is 4.23. The molecule has 3 nitrogen and oxygen atoms in total. The number of nitrogens with one attached hydrogen (secondary N) is 1. The maximum atomic E-state index is 11.7. The zero-order valence-electron chi connectivity index (χ0n) is 10.3. The molecular weight excluding hydrogens is 222 g/mol. The highest BCUT2D eigenvalue weighted by Crippen LogP contribution is 2.19. The van der Waals surface area contributed by atoms with E-state index in [4.69, 9.17) is 4.74 Å². The van der Waals surface area contributed by atoms with Crippen molar-refractivity contribution in [1.29, 1.82) is 0 Å². The van der Waals surface area contributed by atoms with Crippen molar-refractivity contribution in [2.24, 2.45) is 0 Å². The summed E-state index contributed by atoms with van der Waals surface area (Å²) in [5.74, 6) is 0.923. The molecular formula is C12H23NO2S. The van der Waals surface area contributed by atoms with Crippen molar-refractivity contribution >= 4 is 17.7 Å². The predicted octanol–water partition coefficient (Wildman–Crippen LogP) is 2.20. The van der Waals surface area contributed by atoms with Crippen molar-refractivity contribution in [2.75, 3.05) is 18.6 Å². The number of hydrogen-bond acceptors (Lipinski definition) is 4. The van der Waals surface area contributed by atoms with Crippen LogP contribution in [0.25, 0.3) is 0 Å². The summed E-state index contributed by atoms with van der Waals surface area (Å²) < 4.78 is 5.10. The Bertz CT molecular complexity index is 205. The number of carbonyl (C=O) groups excluding carboxylic acids is 1. The van der Waals surface area contributed by atoms with Gasteiger partial charge in [-0.25, -0.2) is 0 Å². The number of ether oxygens (including phenoxy) is 1. The molecule has 1 atom stereocenters. The van der Waals surface area contributed by atoms with Crippen molar-refractivity contribution in [3.05, 3.63) is 0 Å². The lowest BCUT2D eigenvalue weighted by Crippen LogP contribution is -2.43. The normalized spacial score (nSPS) is 18.6. The van der Waals surface area contributed by atoms with Gasteiger partial charge in [0.1, 0.15) is 6.04 Å². The van der Waals surface area contributed by atoms with Crippen LogP contribution in [0.1, 0.15) is 39.0 Å². The molecule has 4 heteroatoms. The van der Waals surface area contributed by atoms with Gasteiger partial charge in [0.15, 0.2) is 0 Å². The quantitative estimate of drug-likeness (QED) is 0.698.